The Balaban J connectivity index is 2.18. The Morgan fingerprint density at radius 3 is 2.67 bits per heavy atom. The predicted molar refractivity (Wildman–Crippen MR) is 55.7 cm³/mol. The number of rotatable bonds is 4. The molecule has 0 aliphatic heterocycles. The van der Waals surface area contributed by atoms with Crippen molar-refractivity contribution in [3.8, 4) is 0 Å². The van der Waals surface area contributed by atoms with Crippen molar-refractivity contribution in [2.45, 2.75) is 37.3 Å². The van der Waals surface area contributed by atoms with Crippen LogP contribution in [0.1, 0.15) is 26.7 Å². The van der Waals surface area contributed by atoms with E-state index < -0.39 is 10.0 Å². The zero-order valence-electron chi connectivity index (χ0n) is 8.82. The van der Waals surface area contributed by atoms with E-state index in [2.05, 4.69) is 14.9 Å². The minimum Gasteiger partial charge on any atom is -0.266 e. The lowest BCUT2D eigenvalue weighted by Gasteiger charge is -2.25. The number of aromatic amines is 1. The lowest BCUT2D eigenvalue weighted by Crippen LogP contribution is -2.45. The molecule has 1 aromatic heterocycles. The summed E-state index contributed by atoms with van der Waals surface area (Å²) >= 11 is 0. The van der Waals surface area contributed by atoms with Crippen LogP contribution in [-0.4, -0.2) is 24.2 Å². The van der Waals surface area contributed by atoms with E-state index in [1.54, 1.807) is 0 Å². The van der Waals surface area contributed by atoms with Crippen molar-refractivity contribution in [2.24, 2.45) is 5.92 Å². The fourth-order valence-electron chi connectivity index (χ4n) is 1.68. The summed E-state index contributed by atoms with van der Waals surface area (Å²) in [5.74, 6) is 0.454. The van der Waals surface area contributed by atoms with Gasteiger partial charge in [-0.3, -0.25) is 5.10 Å². The van der Waals surface area contributed by atoms with Crippen molar-refractivity contribution < 1.29 is 8.42 Å². The molecule has 0 spiro atoms. The van der Waals surface area contributed by atoms with Crippen LogP contribution in [0.4, 0.5) is 0 Å². The number of hydrogen-bond acceptors (Lipinski definition) is 3. The van der Waals surface area contributed by atoms with Gasteiger partial charge in [-0.25, -0.2) is 13.1 Å². The fourth-order valence-corrected chi connectivity index (χ4v) is 3.06. The van der Waals surface area contributed by atoms with Gasteiger partial charge in [0.25, 0.3) is 10.0 Å². The van der Waals surface area contributed by atoms with Gasteiger partial charge in [0.15, 0.2) is 5.03 Å². The highest BCUT2D eigenvalue weighted by molar-refractivity contribution is 7.89. The standard InChI is InChI=1S/C9H15N3O2S/c1-9(2,7-3-4-7)12-15(13,14)8-5-6-10-11-8/h5-7,12H,3-4H2,1-2H3,(H,10,11). The second-order valence-electron chi connectivity index (χ2n) is 4.52. The summed E-state index contributed by atoms with van der Waals surface area (Å²) in [5.41, 5.74) is -0.371. The minimum absolute atomic E-state index is 0.122. The molecule has 0 saturated heterocycles. The van der Waals surface area contributed by atoms with E-state index in [9.17, 15) is 8.42 Å². The molecule has 6 heteroatoms. The Morgan fingerprint density at radius 1 is 1.53 bits per heavy atom. The third-order valence-corrected chi connectivity index (χ3v) is 4.36. The Labute approximate surface area is 89.3 Å². The number of nitrogens with one attached hydrogen (secondary N) is 2. The maximum absolute atomic E-state index is 11.9. The van der Waals surface area contributed by atoms with Crippen LogP contribution in [0.2, 0.25) is 0 Å². The molecule has 15 heavy (non-hydrogen) atoms. The summed E-state index contributed by atoms with van der Waals surface area (Å²) in [6, 6.07) is 1.45. The van der Waals surface area contributed by atoms with Crippen molar-refractivity contribution >= 4 is 10.0 Å². The van der Waals surface area contributed by atoms with Gasteiger partial charge in [-0.2, -0.15) is 5.10 Å². The van der Waals surface area contributed by atoms with Crippen molar-refractivity contribution in [1.29, 1.82) is 0 Å². The lowest BCUT2D eigenvalue weighted by atomic mass is 10.0. The average molecular weight is 229 g/mol. The van der Waals surface area contributed by atoms with E-state index in [-0.39, 0.29) is 10.6 Å². The molecule has 0 atom stereocenters. The van der Waals surface area contributed by atoms with Crippen LogP contribution in [0.15, 0.2) is 17.3 Å². The first kappa shape index (κ1) is 10.6. The van der Waals surface area contributed by atoms with Crippen LogP contribution in [0.5, 0.6) is 0 Å². The first-order chi connectivity index (χ1) is 6.92. The molecule has 5 nitrogen and oxygen atoms in total. The van der Waals surface area contributed by atoms with Crippen molar-refractivity contribution in [3.05, 3.63) is 12.3 Å². The number of aromatic nitrogens is 2. The zero-order chi connectivity index (χ0) is 11.1. The molecule has 2 N–H and O–H groups in total. The smallest absolute Gasteiger partial charge is 0.257 e. The van der Waals surface area contributed by atoms with Gasteiger partial charge in [-0.15, -0.1) is 0 Å². The maximum Gasteiger partial charge on any atom is 0.257 e. The van der Waals surface area contributed by atoms with E-state index in [0.717, 1.165) is 12.8 Å². The minimum atomic E-state index is -3.45. The normalized spacial score (nSPS) is 18.0. The SMILES string of the molecule is CC(C)(NS(=O)(=O)c1ccn[nH]1)C1CC1. The zero-order valence-corrected chi connectivity index (χ0v) is 9.63. The van der Waals surface area contributed by atoms with E-state index >= 15 is 0 Å². The van der Waals surface area contributed by atoms with E-state index in [1.807, 2.05) is 13.8 Å². The summed E-state index contributed by atoms with van der Waals surface area (Å²) in [4.78, 5) is 0. The molecule has 0 aromatic carbocycles. The predicted octanol–water partition coefficient (Wildman–Crippen LogP) is 0.877. The molecule has 1 aliphatic carbocycles. The van der Waals surface area contributed by atoms with Crippen LogP contribution in [0.3, 0.4) is 0 Å². The third kappa shape index (κ3) is 2.21. The summed E-state index contributed by atoms with van der Waals surface area (Å²) in [6.07, 6.45) is 3.62. The molecule has 0 amide bonds. The van der Waals surface area contributed by atoms with E-state index in [0.29, 0.717) is 5.92 Å². The van der Waals surface area contributed by atoms with Crippen LogP contribution >= 0.6 is 0 Å². The molecule has 84 valence electrons. The number of sulfonamides is 1. The average Bonchev–Trinajstić information content (AvgIpc) is 2.80. The van der Waals surface area contributed by atoms with E-state index in [1.165, 1.54) is 12.3 Å². The van der Waals surface area contributed by atoms with Gasteiger partial charge in [0.1, 0.15) is 0 Å². The molecule has 1 saturated carbocycles. The summed E-state index contributed by atoms with van der Waals surface area (Å²) in [6.45, 7) is 3.83. The lowest BCUT2D eigenvalue weighted by molar-refractivity contribution is 0.400. The molecular formula is C9H15N3O2S. The highest BCUT2D eigenvalue weighted by Gasteiger charge is 2.40. The Hall–Kier alpha value is -0.880. The van der Waals surface area contributed by atoms with Crippen LogP contribution in [0.25, 0.3) is 0 Å². The van der Waals surface area contributed by atoms with Gasteiger partial charge >= 0.3 is 0 Å². The third-order valence-electron chi connectivity index (χ3n) is 2.76. The molecule has 1 heterocycles. The molecule has 0 unspecified atom stereocenters. The van der Waals surface area contributed by atoms with Crippen LogP contribution in [0, 0.1) is 5.92 Å². The number of H-pyrrole nitrogens is 1. The van der Waals surface area contributed by atoms with Gasteiger partial charge in [0.2, 0.25) is 0 Å². The van der Waals surface area contributed by atoms with Crippen LogP contribution < -0.4 is 4.72 Å². The molecule has 1 aromatic rings. The molecule has 0 bridgehead atoms. The van der Waals surface area contributed by atoms with Gasteiger partial charge in [-0.05, 0) is 38.7 Å². The highest BCUT2D eigenvalue weighted by atomic mass is 32.2. The molecule has 0 radical (unpaired) electrons. The van der Waals surface area contributed by atoms with Crippen LogP contribution in [-0.2, 0) is 10.0 Å². The quantitative estimate of drug-likeness (QED) is 0.804. The first-order valence-electron chi connectivity index (χ1n) is 4.95. The van der Waals surface area contributed by atoms with Crippen molar-refractivity contribution in [3.63, 3.8) is 0 Å². The first-order valence-corrected chi connectivity index (χ1v) is 6.43. The Kier molecular flexibility index (Phi) is 2.35. The molecule has 1 aliphatic rings. The summed E-state index contributed by atoms with van der Waals surface area (Å²) < 4.78 is 26.4. The van der Waals surface area contributed by atoms with E-state index in [4.69, 9.17) is 0 Å². The molecule has 2 rings (SSSR count). The molecular weight excluding hydrogens is 214 g/mol. The fraction of sp³-hybridized carbons (Fsp3) is 0.667. The second-order valence-corrected chi connectivity index (χ2v) is 6.17. The largest absolute Gasteiger partial charge is 0.266 e. The topological polar surface area (TPSA) is 74.8 Å². The maximum atomic E-state index is 11.9. The van der Waals surface area contributed by atoms with Gasteiger partial charge < -0.3 is 0 Å². The number of hydrogen-bond donors (Lipinski definition) is 2. The van der Waals surface area contributed by atoms with Crippen molar-refractivity contribution in [1.82, 2.24) is 14.9 Å². The Bertz CT molecular complexity index is 432. The second kappa shape index (κ2) is 3.31. The van der Waals surface area contributed by atoms with Gasteiger partial charge in [0.05, 0.1) is 6.20 Å². The summed E-state index contributed by atoms with van der Waals surface area (Å²) in [5, 5.41) is 6.22. The van der Waals surface area contributed by atoms with Gasteiger partial charge in [-0.1, -0.05) is 0 Å². The number of nitrogens with zero attached hydrogens (tertiary/aromatic N) is 1. The monoisotopic (exact) mass is 229 g/mol. The summed E-state index contributed by atoms with van der Waals surface area (Å²) in [7, 11) is -3.45. The molecule has 1 fully saturated rings. The highest BCUT2D eigenvalue weighted by Crippen LogP contribution is 2.39. The van der Waals surface area contributed by atoms with Gasteiger partial charge in [0, 0.05) is 5.54 Å². The van der Waals surface area contributed by atoms with Crippen molar-refractivity contribution in [2.75, 3.05) is 0 Å². The Morgan fingerprint density at radius 2 is 2.20 bits per heavy atom.